The van der Waals surface area contributed by atoms with E-state index in [0.29, 0.717) is 12.5 Å². The predicted octanol–water partition coefficient (Wildman–Crippen LogP) is 2.50. The minimum atomic E-state index is 0.177. The molecular formula is C11H15ClN2OS. The third-order valence-corrected chi connectivity index (χ3v) is 3.77. The number of halogens is 1. The van der Waals surface area contributed by atoms with Gasteiger partial charge in [-0.25, -0.2) is 0 Å². The first-order chi connectivity index (χ1) is 7.56. The van der Waals surface area contributed by atoms with Crippen LogP contribution in [0.25, 0.3) is 0 Å². The third-order valence-electron chi connectivity index (χ3n) is 2.52. The van der Waals surface area contributed by atoms with E-state index in [0.717, 1.165) is 15.9 Å². The summed E-state index contributed by atoms with van der Waals surface area (Å²) < 4.78 is 0.725. The normalized spacial score (nSPS) is 21.1. The second-order valence-electron chi connectivity index (χ2n) is 4.30. The number of hydrogen-bond acceptors (Lipinski definition) is 3. The van der Waals surface area contributed by atoms with Crippen molar-refractivity contribution in [2.45, 2.75) is 32.4 Å². The second-order valence-corrected chi connectivity index (χ2v) is 6.00. The van der Waals surface area contributed by atoms with Gasteiger partial charge in [-0.15, -0.1) is 11.3 Å². The number of rotatable bonds is 3. The number of thiophene rings is 1. The van der Waals surface area contributed by atoms with Gasteiger partial charge in [0.25, 0.3) is 0 Å². The predicted molar refractivity (Wildman–Crippen MR) is 68.4 cm³/mol. The van der Waals surface area contributed by atoms with Crippen molar-refractivity contribution in [3.8, 4) is 0 Å². The van der Waals surface area contributed by atoms with Gasteiger partial charge < -0.3 is 10.2 Å². The number of hydrogen-bond donors (Lipinski definition) is 1. The van der Waals surface area contributed by atoms with Crippen LogP contribution in [0.1, 0.15) is 20.3 Å². The van der Waals surface area contributed by atoms with Crippen molar-refractivity contribution in [1.82, 2.24) is 5.32 Å². The molecule has 0 radical (unpaired) electrons. The van der Waals surface area contributed by atoms with E-state index < -0.39 is 0 Å². The zero-order chi connectivity index (χ0) is 11.7. The Morgan fingerprint density at radius 3 is 2.88 bits per heavy atom. The zero-order valence-corrected chi connectivity index (χ0v) is 10.9. The van der Waals surface area contributed by atoms with Crippen LogP contribution in [0, 0.1) is 0 Å². The average molecular weight is 259 g/mol. The van der Waals surface area contributed by atoms with Crippen LogP contribution in [0.3, 0.4) is 0 Å². The molecule has 1 aromatic heterocycles. The first kappa shape index (κ1) is 11.9. The minimum Gasteiger partial charge on any atom is -0.309 e. The Morgan fingerprint density at radius 1 is 1.56 bits per heavy atom. The molecule has 1 aliphatic rings. The summed E-state index contributed by atoms with van der Waals surface area (Å²) in [6.45, 7) is 4.93. The Hall–Kier alpha value is -0.580. The quantitative estimate of drug-likeness (QED) is 0.904. The summed E-state index contributed by atoms with van der Waals surface area (Å²) in [5, 5.41) is 4.34. The lowest BCUT2D eigenvalue weighted by atomic mass is 10.2. The average Bonchev–Trinajstić information content (AvgIpc) is 2.72. The van der Waals surface area contributed by atoms with Crippen LogP contribution in [0.4, 0.5) is 5.00 Å². The topological polar surface area (TPSA) is 32.3 Å². The van der Waals surface area contributed by atoms with Crippen LogP contribution in [0.15, 0.2) is 12.1 Å². The Balaban J connectivity index is 2.05. The van der Waals surface area contributed by atoms with E-state index in [9.17, 15) is 4.79 Å². The number of carbonyl (C=O) groups excluding carboxylic acids is 1. The highest BCUT2D eigenvalue weighted by atomic mass is 35.5. The lowest BCUT2D eigenvalue weighted by molar-refractivity contribution is -0.117. The first-order valence-corrected chi connectivity index (χ1v) is 6.57. The van der Waals surface area contributed by atoms with Crippen molar-refractivity contribution in [3.63, 3.8) is 0 Å². The summed E-state index contributed by atoms with van der Waals surface area (Å²) in [7, 11) is 0. The molecule has 0 aromatic carbocycles. The van der Waals surface area contributed by atoms with Crippen LogP contribution in [0.2, 0.25) is 4.34 Å². The first-order valence-electron chi connectivity index (χ1n) is 5.38. The van der Waals surface area contributed by atoms with E-state index in [2.05, 4.69) is 19.2 Å². The van der Waals surface area contributed by atoms with Crippen LogP contribution in [0.5, 0.6) is 0 Å². The fourth-order valence-electron chi connectivity index (χ4n) is 1.95. The fraction of sp³-hybridized carbons (Fsp3) is 0.545. The van der Waals surface area contributed by atoms with E-state index in [1.165, 1.54) is 11.3 Å². The standard InChI is InChI=1S/C11H15ClN2OS/c1-7(2)13-8-5-10(15)14(6-8)11-4-3-9(12)16-11/h3-4,7-8,13H,5-6H2,1-2H3. The molecule has 5 heteroatoms. The molecule has 0 saturated carbocycles. The molecule has 2 heterocycles. The largest absolute Gasteiger partial charge is 0.309 e. The van der Waals surface area contributed by atoms with Crippen molar-refractivity contribution < 1.29 is 4.79 Å². The number of nitrogens with zero attached hydrogens (tertiary/aromatic N) is 1. The van der Waals surface area contributed by atoms with Gasteiger partial charge in [-0.05, 0) is 12.1 Å². The van der Waals surface area contributed by atoms with E-state index in [1.807, 2.05) is 17.0 Å². The molecule has 1 unspecified atom stereocenters. The van der Waals surface area contributed by atoms with Crippen LogP contribution in [-0.4, -0.2) is 24.5 Å². The molecule has 1 aromatic rings. The van der Waals surface area contributed by atoms with Crippen LogP contribution in [-0.2, 0) is 4.79 Å². The summed E-state index contributed by atoms with van der Waals surface area (Å²) >= 11 is 7.32. The van der Waals surface area contributed by atoms with Gasteiger partial charge in [0.1, 0.15) is 0 Å². The van der Waals surface area contributed by atoms with E-state index in [1.54, 1.807) is 0 Å². The molecule has 0 aliphatic carbocycles. The number of carbonyl (C=O) groups is 1. The number of nitrogens with one attached hydrogen (secondary N) is 1. The Labute approximate surface area is 104 Å². The van der Waals surface area contributed by atoms with Crippen molar-refractivity contribution >= 4 is 33.8 Å². The summed E-state index contributed by atoms with van der Waals surface area (Å²) in [5.74, 6) is 0.177. The van der Waals surface area contributed by atoms with Crippen molar-refractivity contribution in [2.24, 2.45) is 0 Å². The summed E-state index contributed by atoms with van der Waals surface area (Å²) in [6, 6.07) is 4.40. The molecule has 1 N–H and O–H groups in total. The lowest BCUT2D eigenvalue weighted by Crippen LogP contribution is -2.36. The van der Waals surface area contributed by atoms with Crippen molar-refractivity contribution in [3.05, 3.63) is 16.5 Å². The molecule has 1 saturated heterocycles. The van der Waals surface area contributed by atoms with Gasteiger partial charge in [-0.3, -0.25) is 4.79 Å². The fourth-order valence-corrected chi connectivity index (χ4v) is 3.01. The molecule has 3 nitrogen and oxygen atoms in total. The van der Waals surface area contributed by atoms with Crippen molar-refractivity contribution in [1.29, 1.82) is 0 Å². The molecule has 1 amide bonds. The van der Waals surface area contributed by atoms with Gasteiger partial charge in [0.2, 0.25) is 5.91 Å². The molecule has 2 rings (SSSR count). The molecule has 0 spiro atoms. The maximum Gasteiger partial charge on any atom is 0.229 e. The Kier molecular flexibility index (Phi) is 3.52. The highest BCUT2D eigenvalue weighted by Crippen LogP contribution is 2.32. The van der Waals surface area contributed by atoms with Gasteiger partial charge in [0.05, 0.1) is 9.34 Å². The van der Waals surface area contributed by atoms with Gasteiger partial charge in [0.15, 0.2) is 0 Å². The number of anilines is 1. The molecule has 1 fully saturated rings. The van der Waals surface area contributed by atoms with E-state index in [4.69, 9.17) is 11.6 Å². The maximum absolute atomic E-state index is 11.8. The zero-order valence-electron chi connectivity index (χ0n) is 9.37. The molecular weight excluding hydrogens is 244 g/mol. The van der Waals surface area contributed by atoms with Gasteiger partial charge in [0, 0.05) is 25.0 Å². The molecule has 1 aliphatic heterocycles. The summed E-state index contributed by atoms with van der Waals surface area (Å²) in [6.07, 6.45) is 0.577. The lowest BCUT2D eigenvalue weighted by Gasteiger charge is -2.16. The third kappa shape index (κ3) is 2.56. The van der Waals surface area contributed by atoms with Crippen molar-refractivity contribution in [2.75, 3.05) is 11.4 Å². The Morgan fingerprint density at radius 2 is 2.31 bits per heavy atom. The van der Waals surface area contributed by atoms with Gasteiger partial charge in [-0.1, -0.05) is 25.4 Å². The van der Waals surface area contributed by atoms with Crippen LogP contribution >= 0.6 is 22.9 Å². The van der Waals surface area contributed by atoms with E-state index >= 15 is 0 Å². The highest BCUT2D eigenvalue weighted by molar-refractivity contribution is 7.20. The van der Waals surface area contributed by atoms with Gasteiger partial charge >= 0.3 is 0 Å². The molecule has 0 bridgehead atoms. The smallest absolute Gasteiger partial charge is 0.229 e. The number of amides is 1. The Bertz CT molecular complexity index is 391. The summed E-state index contributed by atoms with van der Waals surface area (Å²) in [4.78, 5) is 13.6. The second kappa shape index (κ2) is 4.73. The SMILES string of the molecule is CC(C)NC1CC(=O)N(c2ccc(Cl)s2)C1. The molecule has 16 heavy (non-hydrogen) atoms. The maximum atomic E-state index is 11.8. The molecule has 1 atom stereocenters. The van der Waals surface area contributed by atoms with E-state index in [-0.39, 0.29) is 11.9 Å². The monoisotopic (exact) mass is 258 g/mol. The molecule has 88 valence electrons. The minimum absolute atomic E-state index is 0.177. The van der Waals surface area contributed by atoms with Crippen LogP contribution < -0.4 is 10.2 Å². The summed E-state index contributed by atoms with van der Waals surface area (Å²) in [5.41, 5.74) is 0. The highest BCUT2D eigenvalue weighted by Gasteiger charge is 2.31. The van der Waals surface area contributed by atoms with Gasteiger partial charge in [-0.2, -0.15) is 0 Å².